The molecule has 6 nitrogen and oxygen atoms in total. The summed E-state index contributed by atoms with van der Waals surface area (Å²) in [6.07, 6.45) is 5.65. The zero-order valence-electron chi connectivity index (χ0n) is 16.3. The van der Waals surface area contributed by atoms with Crippen LogP contribution in [0.1, 0.15) is 44.6 Å². The lowest BCUT2D eigenvalue weighted by molar-refractivity contribution is -0.139. The summed E-state index contributed by atoms with van der Waals surface area (Å²) < 4.78 is 7.10. The second-order valence-corrected chi connectivity index (χ2v) is 8.70. The van der Waals surface area contributed by atoms with E-state index in [1.54, 1.807) is 35.3 Å². The minimum absolute atomic E-state index is 0.0505. The number of piperidine rings is 1. The summed E-state index contributed by atoms with van der Waals surface area (Å²) in [4.78, 5) is 28.3. The standard InChI is InChI=1S/C21H27N3O3S/c1-27-17-5-2-4-15(14-17)21(26)23-11-9-16(10-12-23)24-20(25)8-7-18(22-24)19-6-3-13-28-19/h3,6-8,13,15-17H,2,4-5,9-12,14H2,1H3. The summed E-state index contributed by atoms with van der Waals surface area (Å²) in [5.41, 5.74) is 0.765. The Balaban J connectivity index is 1.41. The molecule has 2 atom stereocenters. The van der Waals surface area contributed by atoms with Crippen LogP contribution in [0, 0.1) is 5.92 Å². The molecule has 2 aliphatic rings. The molecular formula is C21H27N3O3S. The fraction of sp³-hybridized carbons (Fsp3) is 0.571. The SMILES string of the molecule is COC1CCCC(C(=O)N2CCC(n3nc(-c4cccs4)ccc3=O)CC2)C1. The summed E-state index contributed by atoms with van der Waals surface area (Å²) in [6.45, 7) is 1.38. The van der Waals surface area contributed by atoms with Gasteiger partial charge in [-0.15, -0.1) is 11.3 Å². The molecule has 0 aromatic carbocycles. The molecule has 2 fully saturated rings. The molecular weight excluding hydrogens is 374 g/mol. The van der Waals surface area contributed by atoms with E-state index >= 15 is 0 Å². The molecule has 28 heavy (non-hydrogen) atoms. The van der Waals surface area contributed by atoms with Crippen LogP contribution in [0.3, 0.4) is 0 Å². The van der Waals surface area contributed by atoms with E-state index in [9.17, 15) is 9.59 Å². The number of amides is 1. The number of likely N-dealkylation sites (tertiary alicyclic amines) is 1. The molecule has 1 aliphatic heterocycles. The Morgan fingerprint density at radius 3 is 2.71 bits per heavy atom. The van der Waals surface area contributed by atoms with Gasteiger partial charge in [0.15, 0.2) is 0 Å². The first kappa shape index (κ1) is 19.3. The molecule has 7 heteroatoms. The third-order valence-electron chi connectivity index (χ3n) is 6.03. The summed E-state index contributed by atoms with van der Waals surface area (Å²) in [5.74, 6) is 0.339. The first-order valence-electron chi connectivity index (χ1n) is 10.1. The van der Waals surface area contributed by atoms with Crippen LogP contribution in [0.4, 0.5) is 0 Å². The van der Waals surface area contributed by atoms with E-state index in [2.05, 4.69) is 5.10 Å². The zero-order valence-corrected chi connectivity index (χ0v) is 17.1. The fourth-order valence-electron chi connectivity index (χ4n) is 4.41. The summed E-state index contributed by atoms with van der Waals surface area (Å²) >= 11 is 1.62. The third-order valence-corrected chi connectivity index (χ3v) is 6.92. The maximum absolute atomic E-state index is 12.9. The van der Waals surface area contributed by atoms with Crippen LogP contribution >= 0.6 is 11.3 Å². The first-order valence-corrected chi connectivity index (χ1v) is 11.0. The molecule has 0 bridgehead atoms. The van der Waals surface area contributed by atoms with E-state index in [1.165, 1.54) is 0 Å². The molecule has 0 spiro atoms. The Morgan fingerprint density at radius 1 is 1.18 bits per heavy atom. The number of hydrogen-bond acceptors (Lipinski definition) is 5. The molecule has 2 aromatic heterocycles. The number of ether oxygens (including phenoxy) is 1. The van der Waals surface area contributed by atoms with Gasteiger partial charge in [0.2, 0.25) is 5.91 Å². The normalized spacial score (nSPS) is 23.7. The Labute approximate surface area is 169 Å². The van der Waals surface area contributed by atoms with E-state index < -0.39 is 0 Å². The molecule has 1 aliphatic carbocycles. The number of methoxy groups -OCH3 is 1. The highest BCUT2D eigenvalue weighted by molar-refractivity contribution is 7.13. The predicted molar refractivity (Wildman–Crippen MR) is 109 cm³/mol. The van der Waals surface area contributed by atoms with Crippen molar-refractivity contribution in [2.45, 2.75) is 50.7 Å². The minimum Gasteiger partial charge on any atom is -0.381 e. The second kappa shape index (κ2) is 8.57. The van der Waals surface area contributed by atoms with Gasteiger partial charge in [0.25, 0.3) is 5.56 Å². The van der Waals surface area contributed by atoms with Crippen molar-refractivity contribution in [2.75, 3.05) is 20.2 Å². The number of hydrogen-bond donors (Lipinski definition) is 0. The van der Waals surface area contributed by atoms with Crippen molar-refractivity contribution in [1.82, 2.24) is 14.7 Å². The molecule has 2 unspecified atom stereocenters. The van der Waals surface area contributed by atoms with Crippen molar-refractivity contribution in [3.8, 4) is 10.6 Å². The average Bonchev–Trinajstić information content (AvgIpc) is 3.29. The third kappa shape index (κ3) is 4.05. The summed E-state index contributed by atoms with van der Waals surface area (Å²) in [6, 6.07) is 7.45. The van der Waals surface area contributed by atoms with Gasteiger partial charge in [-0.3, -0.25) is 9.59 Å². The van der Waals surface area contributed by atoms with Gasteiger partial charge >= 0.3 is 0 Å². The number of thiophene rings is 1. The number of carbonyl (C=O) groups excluding carboxylic acids is 1. The Morgan fingerprint density at radius 2 is 2.00 bits per heavy atom. The Bertz CT molecular complexity index is 856. The van der Waals surface area contributed by atoms with Crippen LogP contribution in [0.2, 0.25) is 0 Å². The van der Waals surface area contributed by atoms with Crippen LogP contribution in [0.15, 0.2) is 34.4 Å². The van der Waals surface area contributed by atoms with Crippen molar-refractivity contribution in [1.29, 1.82) is 0 Å². The van der Waals surface area contributed by atoms with Gasteiger partial charge in [0.05, 0.1) is 17.0 Å². The van der Waals surface area contributed by atoms with Gasteiger partial charge in [-0.25, -0.2) is 4.68 Å². The Kier molecular flexibility index (Phi) is 5.92. The van der Waals surface area contributed by atoms with Gasteiger partial charge in [0, 0.05) is 32.2 Å². The van der Waals surface area contributed by atoms with E-state index in [-0.39, 0.29) is 29.5 Å². The zero-order chi connectivity index (χ0) is 19.5. The maximum Gasteiger partial charge on any atom is 0.267 e. The van der Waals surface area contributed by atoms with Gasteiger partial charge in [-0.2, -0.15) is 5.10 Å². The average molecular weight is 402 g/mol. The molecule has 1 saturated heterocycles. The number of nitrogens with zero attached hydrogens (tertiary/aromatic N) is 3. The summed E-state index contributed by atoms with van der Waals surface area (Å²) in [5, 5.41) is 6.62. The smallest absolute Gasteiger partial charge is 0.267 e. The molecule has 1 amide bonds. The topological polar surface area (TPSA) is 64.4 Å². The van der Waals surface area contributed by atoms with E-state index in [1.807, 2.05) is 22.4 Å². The van der Waals surface area contributed by atoms with Crippen LogP contribution < -0.4 is 5.56 Å². The largest absolute Gasteiger partial charge is 0.381 e. The lowest BCUT2D eigenvalue weighted by Gasteiger charge is -2.36. The fourth-order valence-corrected chi connectivity index (χ4v) is 5.11. The molecule has 150 valence electrons. The van der Waals surface area contributed by atoms with Crippen molar-refractivity contribution in [2.24, 2.45) is 5.92 Å². The monoisotopic (exact) mass is 401 g/mol. The summed E-state index contributed by atoms with van der Waals surface area (Å²) in [7, 11) is 1.73. The highest BCUT2D eigenvalue weighted by Gasteiger charge is 2.33. The molecule has 2 aromatic rings. The quantitative estimate of drug-likeness (QED) is 0.788. The van der Waals surface area contributed by atoms with E-state index in [0.29, 0.717) is 13.1 Å². The van der Waals surface area contributed by atoms with Crippen LogP contribution in [-0.2, 0) is 9.53 Å². The lowest BCUT2D eigenvalue weighted by atomic mass is 9.85. The van der Waals surface area contributed by atoms with Gasteiger partial charge < -0.3 is 9.64 Å². The van der Waals surface area contributed by atoms with Crippen LogP contribution in [0.25, 0.3) is 10.6 Å². The second-order valence-electron chi connectivity index (χ2n) is 7.76. The van der Waals surface area contributed by atoms with Crippen molar-refractivity contribution < 1.29 is 9.53 Å². The molecule has 0 N–H and O–H groups in total. The molecule has 0 radical (unpaired) electrons. The lowest BCUT2D eigenvalue weighted by Crippen LogP contribution is -2.45. The maximum atomic E-state index is 12.9. The Hall–Kier alpha value is -1.99. The van der Waals surface area contributed by atoms with Crippen LogP contribution in [0.5, 0.6) is 0 Å². The van der Waals surface area contributed by atoms with Crippen molar-refractivity contribution in [3.63, 3.8) is 0 Å². The number of aromatic nitrogens is 2. The van der Waals surface area contributed by atoms with Gasteiger partial charge in [-0.1, -0.05) is 12.5 Å². The van der Waals surface area contributed by atoms with E-state index in [4.69, 9.17) is 4.74 Å². The number of rotatable bonds is 4. The van der Waals surface area contributed by atoms with Gasteiger partial charge in [-0.05, 0) is 49.6 Å². The molecule has 1 saturated carbocycles. The van der Waals surface area contributed by atoms with Crippen molar-refractivity contribution >= 4 is 17.2 Å². The highest BCUT2D eigenvalue weighted by atomic mass is 32.1. The highest BCUT2D eigenvalue weighted by Crippen LogP contribution is 2.30. The van der Waals surface area contributed by atoms with Gasteiger partial charge in [0.1, 0.15) is 5.69 Å². The van der Waals surface area contributed by atoms with Crippen LogP contribution in [-0.4, -0.2) is 46.9 Å². The van der Waals surface area contributed by atoms with Crippen molar-refractivity contribution in [3.05, 3.63) is 40.0 Å². The number of carbonyl (C=O) groups is 1. The van der Waals surface area contributed by atoms with E-state index in [0.717, 1.165) is 49.1 Å². The molecule has 3 heterocycles. The minimum atomic E-state index is -0.0692. The first-order chi connectivity index (χ1) is 13.7. The predicted octanol–water partition coefficient (Wildman–Crippen LogP) is 3.34. The molecule has 4 rings (SSSR count).